The summed E-state index contributed by atoms with van der Waals surface area (Å²) in [6.07, 6.45) is -3.35. The van der Waals surface area contributed by atoms with Gasteiger partial charge in [-0.05, 0) is 75.6 Å². The number of carbonyl (C=O) groups excluding carboxylic acids is 1. The van der Waals surface area contributed by atoms with Crippen LogP contribution >= 0.6 is 33.4 Å². The summed E-state index contributed by atoms with van der Waals surface area (Å²) in [5.74, 6) is -0.303. The molecule has 0 radical (unpaired) electrons. The molecule has 3 rings (SSSR count). The minimum atomic E-state index is -4.62. The first kappa shape index (κ1) is 25.5. The molecule has 0 aliphatic heterocycles. The number of carbonyl (C=O) groups is 1. The Morgan fingerprint density at radius 3 is 2.24 bits per heavy atom. The van der Waals surface area contributed by atoms with Crippen molar-refractivity contribution in [1.82, 2.24) is 0 Å². The zero-order chi connectivity index (χ0) is 25.3. The Morgan fingerprint density at radius 1 is 1.06 bits per heavy atom. The molecule has 0 aliphatic rings. The van der Waals surface area contributed by atoms with E-state index in [-0.39, 0.29) is 21.4 Å². The Kier molecular flexibility index (Phi) is 7.20. The van der Waals surface area contributed by atoms with E-state index < -0.39 is 43.2 Å². The highest BCUT2D eigenvalue weighted by molar-refractivity contribution is 8.44. The molecule has 178 valence electrons. The van der Waals surface area contributed by atoms with Crippen LogP contribution in [0.1, 0.15) is 15.9 Å². The summed E-state index contributed by atoms with van der Waals surface area (Å²) in [5, 5.41) is 10.6. The van der Waals surface area contributed by atoms with E-state index in [1.54, 1.807) is 0 Å². The Hall–Kier alpha value is -3.15. The summed E-state index contributed by atoms with van der Waals surface area (Å²) in [4.78, 5) is 36.1. The van der Waals surface area contributed by atoms with E-state index in [4.69, 9.17) is 27.9 Å². The quantitative estimate of drug-likeness (QED) is 0.182. The first-order valence-electron chi connectivity index (χ1n) is 9.13. The molecular formula is C21H13Cl2F3N2O5S. The molecule has 34 heavy (non-hydrogen) atoms. The van der Waals surface area contributed by atoms with Crippen LogP contribution in [0.4, 0.5) is 18.9 Å². The van der Waals surface area contributed by atoms with Crippen molar-refractivity contribution in [2.45, 2.75) is 11.1 Å². The third-order valence-electron chi connectivity index (χ3n) is 4.65. The van der Waals surface area contributed by atoms with Gasteiger partial charge in [0.2, 0.25) is 5.12 Å². The molecule has 3 aromatic carbocycles. The van der Waals surface area contributed by atoms with E-state index >= 15 is 0 Å². The third kappa shape index (κ3) is 5.16. The van der Waals surface area contributed by atoms with Gasteiger partial charge in [0.1, 0.15) is 17.1 Å². The number of hydrogen-bond donors (Lipinski definition) is 0. The van der Waals surface area contributed by atoms with Crippen molar-refractivity contribution in [3.63, 3.8) is 0 Å². The highest BCUT2D eigenvalue weighted by atomic mass is 35.5. The summed E-state index contributed by atoms with van der Waals surface area (Å²) in [6.45, 7) is 0. The Morgan fingerprint density at radius 2 is 1.71 bits per heavy atom. The van der Waals surface area contributed by atoms with Gasteiger partial charge in [-0.3, -0.25) is 14.9 Å². The smallest absolute Gasteiger partial charge is 0.416 e. The van der Waals surface area contributed by atoms with Gasteiger partial charge in [0, 0.05) is 16.0 Å². The van der Waals surface area contributed by atoms with Gasteiger partial charge in [0.25, 0.3) is 5.69 Å². The molecule has 1 atom stereocenters. The topological polar surface area (TPSA) is 98.9 Å². The largest absolute Gasteiger partial charge is 0.456 e. The van der Waals surface area contributed by atoms with Gasteiger partial charge in [0.05, 0.1) is 15.5 Å². The van der Waals surface area contributed by atoms with Gasteiger partial charge in [0.15, 0.2) is 0 Å². The molecule has 0 fully saturated rings. The predicted octanol–water partition coefficient (Wildman–Crippen LogP) is 8.03. The lowest BCUT2D eigenvalue weighted by atomic mass is 10.2. The van der Waals surface area contributed by atoms with Gasteiger partial charge in [-0.25, -0.2) is 0 Å². The van der Waals surface area contributed by atoms with E-state index in [1.807, 2.05) is 0 Å². The molecule has 0 saturated carbocycles. The lowest BCUT2D eigenvalue weighted by Gasteiger charge is -2.25. The van der Waals surface area contributed by atoms with Crippen molar-refractivity contribution in [2.75, 3.05) is 6.26 Å². The maximum Gasteiger partial charge on any atom is 0.416 e. The number of nitro benzene ring substituents is 1. The zero-order valence-electron chi connectivity index (χ0n) is 17.0. The van der Waals surface area contributed by atoms with Crippen LogP contribution in [-0.4, -0.2) is 16.3 Å². The Balaban J connectivity index is 2.04. The SMILES string of the molecule is CS(N=O)(C(=O)c1cc(Oc2ccc(C(F)(F)F)cc2Cl)ccc1[N+](=O)[O-])c1ccc(Cl)cc1. The number of benzene rings is 3. The average Bonchev–Trinajstić information content (AvgIpc) is 2.79. The van der Waals surface area contributed by atoms with Crippen molar-refractivity contribution in [3.8, 4) is 11.5 Å². The first-order valence-corrected chi connectivity index (χ1v) is 11.9. The number of hydrogen-bond acceptors (Lipinski definition) is 6. The van der Waals surface area contributed by atoms with E-state index in [0.29, 0.717) is 11.1 Å². The van der Waals surface area contributed by atoms with Crippen LogP contribution in [0.5, 0.6) is 11.5 Å². The molecular weight excluding hydrogens is 520 g/mol. The Labute approximate surface area is 202 Å². The molecule has 0 saturated heterocycles. The molecule has 0 bridgehead atoms. The number of alkyl halides is 3. The van der Waals surface area contributed by atoms with Crippen LogP contribution in [0.2, 0.25) is 10.0 Å². The molecule has 0 heterocycles. The fourth-order valence-electron chi connectivity index (χ4n) is 2.89. The highest BCUT2D eigenvalue weighted by Gasteiger charge is 2.37. The average molecular weight is 533 g/mol. The second-order valence-corrected chi connectivity index (χ2v) is 10.5. The van der Waals surface area contributed by atoms with E-state index in [2.05, 4.69) is 4.58 Å². The zero-order valence-corrected chi connectivity index (χ0v) is 19.3. The maximum absolute atomic E-state index is 13.3. The highest BCUT2D eigenvalue weighted by Crippen LogP contribution is 2.57. The summed E-state index contributed by atoms with van der Waals surface area (Å²) < 4.78 is 47.1. The Bertz CT molecular complexity index is 1290. The van der Waals surface area contributed by atoms with Crippen LogP contribution in [0.25, 0.3) is 0 Å². The normalized spacial score (nSPS) is 14.1. The summed E-state index contributed by atoms with van der Waals surface area (Å²) >= 11 is 11.7. The monoisotopic (exact) mass is 532 g/mol. The number of nitrogens with zero attached hydrogens (tertiary/aromatic N) is 2. The van der Waals surface area contributed by atoms with Gasteiger partial charge in [-0.15, -0.1) is 4.91 Å². The second kappa shape index (κ2) is 9.61. The number of rotatable bonds is 6. The van der Waals surface area contributed by atoms with Crippen molar-refractivity contribution in [1.29, 1.82) is 0 Å². The number of ether oxygens (including phenoxy) is 1. The maximum atomic E-state index is 13.3. The lowest BCUT2D eigenvalue weighted by Crippen LogP contribution is -2.12. The van der Waals surface area contributed by atoms with Gasteiger partial charge >= 0.3 is 6.18 Å². The molecule has 13 heteroatoms. The molecule has 3 aromatic rings. The van der Waals surface area contributed by atoms with Gasteiger partial charge in [-0.1, -0.05) is 23.2 Å². The second-order valence-electron chi connectivity index (χ2n) is 6.87. The number of halogens is 5. The van der Waals surface area contributed by atoms with Crippen molar-refractivity contribution < 1.29 is 27.6 Å². The number of nitro groups is 1. The standard InChI is InChI=1S/C21H13Cl2F3N2O5S/c1-34(27-30,15-6-3-13(22)4-7-15)20(29)16-11-14(5-8-18(16)28(31)32)33-19-9-2-12(10-17(19)23)21(24,25)26/h2-11H,1H3. The summed E-state index contributed by atoms with van der Waals surface area (Å²) in [5.41, 5.74) is -2.06. The van der Waals surface area contributed by atoms with Crippen molar-refractivity contribution >= 4 is 44.2 Å². The summed E-state index contributed by atoms with van der Waals surface area (Å²) in [6, 6.07) is 11.3. The lowest BCUT2D eigenvalue weighted by molar-refractivity contribution is -0.385. The molecule has 1 unspecified atom stereocenters. The van der Waals surface area contributed by atoms with Crippen LogP contribution in [-0.2, 0) is 6.18 Å². The molecule has 7 nitrogen and oxygen atoms in total. The fraction of sp³-hybridized carbons (Fsp3) is 0.0952. The minimum absolute atomic E-state index is 0.126. The van der Waals surface area contributed by atoms with Crippen molar-refractivity contribution in [3.05, 3.63) is 96.9 Å². The predicted molar refractivity (Wildman–Crippen MR) is 123 cm³/mol. The fourth-order valence-corrected chi connectivity index (χ4v) is 4.86. The third-order valence-corrected chi connectivity index (χ3v) is 7.63. The van der Waals surface area contributed by atoms with Crippen LogP contribution in [0.3, 0.4) is 0 Å². The molecule has 0 N–H and O–H groups in total. The van der Waals surface area contributed by atoms with Gasteiger partial charge in [-0.2, -0.15) is 13.2 Å². The summed E-state index contributed by atoms with van der Waals surface area (Å²) in [7, 11) is -3.12. The molecule has 0 aliphatic carbocycles. The van der Waals surface area contributed by atoms with E-state index in [9.17, 15) is 33.0 Å². The molecule has 0 amide bonds. The van der Waals surface area contributed by atoms with Crippen LogP contribution in [0, 0.1) is 15.0 Å². The molecule has 0 spiro atoms. The van der Waals surface area contributed by atoms with E-state index in [1.165, 1.54) is 30.5 Å². The van der Waals surface area contributed by atoms with Crippen LogP contribution in [0.15, 0.2) is 70.1 Å². The van der Waals surface area contributed by atoms with Crippen LogP contribution < -0.4 is 4.74 Å². The van der Waals surface area contributed by atoms with E-state index in [0.717, 1.165) is 30.3 Å². The van der Waals surface area contributed by atoms with Gasteiger partial charge < -0.3 is 4.74 Å². The first-order chi connectivity index (χ1) is 15.9. The number of nitroso groups, excluding NO2 is 1. The molecule has 0 aromatic heterocycles. The van der Waals surface area contributed by atoms with Crippen molar-refractivity contribution in [2.24, 2.45) is 4.58 Å². The minimum Gasteiger partial charge on any atom is -0.456 e.